The molecule has 0 spiro atoms. The van der Waals surface area contributed by atoms with Gasteiger partial charge >= 0.3 is 6.47 Å². The summed E-state index contributed by atoms with van der Waals surface area (Å²) < 4.78 is 9.97. The van der Waals surface area contributed by atoms with Crippen LogP contribution in [0.2, 0.25) is 0 Å². The van der Waals surface area contributed by atoms with Crippen molar-refractivity contribution in [1.29, 1.82) is 0 Å². The van der Waals surface area contributed by atoms with E-state index >= 15 is 0 Å². The average Bonchev–Trinajstić information content (AvgIpc) is 2.37. The lowest BCUT2D eigenvalue weighted by molar-refractivity contribution is 0.309. The van der Waals surface area contributed by atoms with Crippen molar-refractivity contribution in [2.75, 3.05) is 13.2 Å². The van der Waals surface area contributed by atoms with Gasteiger partial charge in [0.25, 0.3) is 0 Å². The van der Waals surface area contributed by atoms with Gasteiger partial charge in [0, 0.05) is 0 Å². The van der Waals surface area contributed by atoms with Crippen molar-refractivity contribution >= 4 is 12.5 Å². The number of hydrogen-bond acceptors (Lipinski definition) is 3. The predicted octanol–water partition coefficient (Wildman–Crippen LogP) is 2.96. The van der Waals surface area contributed by atoms with Crippen LogP contribution in [0.25, 0.3) is 6.08 Å². The van der Waals surface area contributed by atoms with Crippen LogP contribution in [0.3, 0.4) is 0 Å². The molecule has 0 fully saturated rings. The van der Waals surface area contributed by atoms with Crippen molar-refractivity contribution in [1.82, 2.24) is 0 Å². The average molecular weight is 233 g/mol. The zero-order chi connectivity index (χ0) is 12.3. The molecule has 0 N–H and O–H groups in total. The van der Waals surface area contributed by atoms with Crippen LogP contribution >= 0.6 is 0 Å². The molecule has 1 rings (SSSR count). The summed E-state index contributed by atoms with van der Waals surface area (Å²) in [4.78, 5) is 9.79. The van der Waals surface area contributed by atoms with E-state index in [4.69, 9.17) is 4.74 Å². The maximum atomic E-state index is 9.79. The monoisotopic (exact) mass is 233 g/mol. The Morgan fingerprint density at radius 2 is 2.06 bits per heavy atom. The summed E-state index contributed by atoms with van der Waals surface area (Å²) in [6.07, 6.45) is 5.85. The maximum Gasteiger partial charge on any atom is 0.417 e. The standard InChI is InChI=1S/C14H17O3/c1-2-3-11-17-14-8-6-13(7-9-14)5-4-10-16-12-15/h4-9H,2-3,10-11H2,1H3. The molecule has 0 atom stereocenters. The number of hydrogen-bond donors (Lipinski definition) is 0. The smallest absolute Gasteiger partial charge is 0.417 e. The SMILES string of the molecule is CCCCOc1ccc(C=CCO[C]=O)cc1. The van der Waals surface area contributed by atoms with Crippen molar-refractivity contribution in [3.63, 3.8) is 0 Å². The summed E-state index contributed by atoms with van der Waals surface area (Å²) in [6.45, 7) is 4.51. The summed E-state index contributed by atoms with van der Waals surface area (Å²) >= 11 is 0. The topological polar surface area (TPSA) is 35.5 Å². The van der Waals surface area contributed by atoms with Crippen LogP contribution in [-0.2, 0) is 9.53 Å². The highest BCUT2D eigenvalue weighted by molar-refractivity contribution is 5.51. The molecule has 0 aliphatic rings. The Morgan fingerprint density at radius 1 is 1.29 bits per heavy atom. The van der Waals surface area contributed by atoms with E-state index in [1.165, 1.54) is 6.47 Å². The molecular weight excluding hydrogens is 216 g/mol. The van der Waals surface area contributed by atoms with Gasteiger partial charge in [0.1, 0.15) is 12.4 Å². The molecule has 3 nitrogen and oxygen atoms in total. The minimum atomic E-state index is 0.248. The molecule has 1 aromatic carbocycles. The fourth-order valence-electron chi connectivity index (χ4n) is 1.28. The second-order valence-electron chi connectivity index (χ2n) is 3.57. The Bertz CT molecular complexity index is 341. The molecule has 91 valence electrons. The minimum absolute atomic E-state index is 0.248. The third-order valence-corrected chi connectivity index (χ3v) is 2.20. The fraction of sp³-hybridized carbons (Fsp3) is 0.357. The summed E-state index contributed by atoms with van der Waals surface area (Å²) in [7, 11) is 0. The first-order chi connectivity index (χ1) is 8.36. The van der Waals surface area contributed by atoms with E-state index in [0.29, 0.717) is 0 Å². The van der Waals surface area contributed by atoms with Gasteiger partial charge in [-0.15, -0.1) is 0 Å². The molecule has 0 heterocycles. The summed E-state index contributed by atoms with van der Waals surface area (Å²) in [5, 5.41) is 0. The number of ether oxygens (including phenoxy) is 2. The lowest BCUT2D eigenvalue weighted by Gasteiger charge is -2.04. The minimum Gasteiger partial charge on any atom is -0.494 e. The highest BCUT2D eigenvalue weighted by Gasteiger charge is 1.92. The third-order valence-electron chi connectivity index (χ3n) is 2.20. The molecular formula is C14H17O3. The van der Waals surface area contributed by atoms with Crippen LogP contribution in [0.4, 0.5) is 0 Å². The van der Waals surface area contributed by atoms with Crippen LogP contribution < -0.4 is 4.74 Å². The van der Waals surface area contributed by atoms with E-state index in [1.807, 2.05) is 30.3 Å². The Kier molecular flexibility index (Phi) is 6.56. The first kappa shape index (κ1) is 13.3. The summed E-state index contributed by atoms with van der Waals surface area (Å²) in [5.74, 6) is 0.882. The molecule has 17 heavy (non-hydrogen) atoms. The van der Waals surface area contributed by atoms with E-state index in [2.05, 4.69) is 11.7 Å². The molecule has 0 aliphatic heterocycles. The lowest BCUT2D eigenvalue weighted by atomic mass is 10.2. The van der Waals surface area contributed by atoms with Gasteiger partial charge in [-0.05, 0) is 30.2 Å². The fourth-order valence-corrected chi connectivity index (χ4v) is 1.28. The molecule has 0 amide bonds. The maximum absolute atomic E-state index is 9.79. The lowest BCUT2D eigenvalue weighted by Crippen LogP contribution is -1.95. The van der Waals surface area contributed by atoms with Gasteiger partial charge in [0.2, 0.25) is 0 Å². The molecule has 0 bridgehead atoms. The van der Waals surface area contributed by atoms with E-state index in [0.717, 1.165) is 30.8 Å². The molecule has 0 unspecified atom stereocenters. The van der Waals surface area contributed by atoms with Crippen LogP contribution in [0.5, 0.6) is 5.75 Å². The van der Waals surface area contributed by atoms with Crippen LogP contribution in [0, 0.1) is 0 Å². The molecule has 1 aromatic rings. The van der Waals surface area contributed by atoms with Gasteiger partial charge in [0.15, 0.2) is 0 Å². The van der Waals surface area contributed by atoms with Crippen LogP contribution in [0.15, 0.2) is 30.3 Å². The highest BCUT2D eigenvalue weighted by atomic mass is 16.5. The van der Waals surface area contributed by atoms with Gasteiger partial charge in [-0.25, -0.2) is 4.79 Å². The first-order valence-corrected chi connectivity index (χ1v) is 5.75. The van der Waals surface area contributed by atoms with Crippen molar-refractivity contribution < 1.29 is 14.3 Å². The number of unbranched alkanes of at least 4 members (excludes halogenated alkanes) is 1. The van der Waals surface area contributed by atoms with E-state index in [1.54, 1.807) is 6.08 Å². The number of carbonyl (C=O) groups excluding carboxylic acids is 1. The predicted molar refractivity (Wildman–Crippen MR) is 67.5 cm³/mol. The van der Waals surface area contributed by atoms with Gasteiger partial charge < -0.3 is 9.47 Å². The number of benzene rings is 1. The van der Waals surface area contributed by atoms with Crippen molar-refractivity contribution in [2.45, 2.75) is 19.8 Å². The molecule has 0 saturated carbocycles. The largest absolute Gasteiger partial charge is 0.494 e. The quantitative estimate of drug-likeness (QED) is 0.647. The van der Waals surface area contributed by atoms with Crippen LogP contribution in [0.1, 0.15) is 25.3 Å². The van der Waals surface area contributed by atoms with Crippen molar-refractivity contribution in [3.8, 4) is 5.75 Å². The van der Waals surface area contributed by atoms with Crippen molar-refractivity contribution in [2.24, 2.45) is 0 Å². The Hall–Kier alpha value is -1.77. The van der Waals surface area contributed by atoms with Crippen molar-refractivity contribution in [3.05, 3.63) is 35.9 Å². The Balaban J connectivity index is 2.38. The zero-order valence-electron chi connectivity index (χ0n) is 10.0. The van der Waals surface area contributed by atoms with Gasteiger partial charge in [-0.3, -0.25) is 0 Å². The normalized spacial score (nSPS) is 10.4. The zero-order valence-corrected chi connectivity index (χ0v) is 10.0. The second-order valence-corrected chi connectivity index (χ2v) is 3.57. The molecule has 0 aromatic heterocycles. The van der Waals surface area contributed by atoms with Gasteiger partial charge in [0.05, 0.1) is 6.61 Å². The third kappa shape index (κ3) is 5.76. The second kappa shape index (κ2) is 8.39. The van der Waals surface area contributed by atoms with E-state index < -0.39 is 0 Å². The highest BCUT2D eigenvalue weighted by Crippen LogP contribution is 2.13. The van der Waals surface area contributed by atoms with Gasteiger partial charge in [-0.1, -0.05) is 31.6 Å². The molecule has 0 aliphatic carbocycles. The Morgan fingerprint density at radius 3 is 2.71 bits per heavy atom. The number of rotatable bonds is 8. The van der Waals surface area contributed by atoms with Gasteiger partial charge in [-0.2, -0.15) is 0 Å². The Labute approximate surface area is 102 Å². The summed E-state index contributed by atoms with van der Waals surface area (Å²) in [6, 6.07) is 7.79. The molecule has 1 radical (unpaired) electrons. The molecule has 0 saturated heterocycles. The van der Waals surface area contributed by atoms with E-state index in [9.17, 15) is 4.79 Å². The van der Waals surface area contributed by atoms with E-state index in [-0.39, 0.29) is 6.61 Å². The van der Waals surface area contributed by atoms with Crippen LogP contribution in [-0.4, -0.2) is 19.7 Å². The first-order valence-electron chi connectivity index (χ1n) is 5.75. The summed E-state index contributed by atoms with van der Waals surface area (Å²) in [5.41, 5.74) is 1.04. The molecule has 3 heteroatoms.